The maximum atomic E-state index is 5.34. The van der Waals surface area contributed by atoms with E-state index in [0.29, 0.717) is 25.7 Å². The molecule has 108 heavy (non-hydrogen) atoms. The predicted octanol–water partition coefficient (Wildman–Crippen LogP) is 25.7. The molecule has 0 fully saturated rings. The minimum Gasteiger partial charge on any atom is -0.307 e. The molecule has 0 radical (unpaired) electrons. The summed E-state index contributed by atoms with van der Waals surface area (Å²) in [6.45, 7) is 36.3. The van der Waals surface area contributed by atoms with Crippen molar-refractivity contribution in [2.24, 2.45) is 0 Å². The first-order valence-electron chi connectivity index (χ1n) is 38.3. The van der Waals surface area contributed by atoms with Gasteiger partial charge in [-0.25, -0.2) is 0 Å². The lowest BCUT2D eigenvalue weighted by atomic mass is 9.86. The van der Waals surface area contributed by atoms with Gasteiger partial charge in [0.05, 0.1) is 67.6 Å². The molecule has 0 atom stereocenters. The van der Waals surface area contributed by atoms with E-state index in [4.69, 9.17) is 39.9 Å². The first kappa shape index (κ1) is 70.5. The third-order valence-electron chi connectivity index (χ3n) is 21.9. The molecule has 0 saturated carbocycles. The molecular weight excluding hydrogens is 1320 g/mol. The number of aromatic nitrogens is 8. The van der Waals surface area contributed by atoms with Crippen molar-refractivity contribution < 1.29 is 0 Å². The molecule has 538 valence electrons. The van der Waals surface area contributed by atoms with Crippen molar-refractivity contribution >= 4 is 145 Å². The highest BCUT2D eigenvalue weighted by Gasteiger charge is 2.35. The highest BCUT2D eigenvalue weighted by molar-refractivity contribution is 6.33. The third-order valence-corrected chi connectivity index (χ3v) is 21.9. The van der Waals surface area contributed by atoms with Gasteiger partial charge in [0, 0.05) is 105 Å². The number of nitrogens with zero attached hydrogens (tertiary/aromatic N) is 12. The van der Waals surface area contributed by atoms with Crippen molar-refractivity contribution in [3.05, 3.63) is 276 Å². The normalized spacial score (nSPS) is 12.4. The van der Waals surface area contributed by atoms with E-state index in [1.807, 2.05) is 49.1 Å². The lowest BCUT2D eigenvalue weighted by molar-refractivity contribution is 0.590. The summed E-state index contributed by atoms with van der Waals surface area (Å²) in [5, 5.41) is 6.27. The van der Waals surface area contributed by atoms with Gasteiger partial charge in [-0.05, 0) is 201 Å². The van der Waals surface area contributed by atoms with Crippen molar-refractivity contribution in [2.45, 2.75) is 158 Å². The van der Waals surface area contributed by atoms with Crippen LogP contribution < -0.4 is 19.6 Å². The van der Waals surface area contributed by atoms with Gasteiger partial charge in [0.2, 0.25) is 0 Å². The van der Waals surface area contributed by atoms with Crippen LogP contribution in [0.15, 0.2) is 232 Å². The molecule has 0 unspecified atom stereocenters. The summed E-state index contributed by atoms with van der Waals surface area (Å²) >= 11 is 0. The number of aryl methyl sites for hydroxylation is 4. The highest BCUT2D eigenvalue weighted by Crippen LogP contribution is 2.58. The molecule has 0 aliphatic carbocycles. The fraction of sp³-hybridized carbons (Fsp3) is 0.250. The molecule has 12 heteroatoms. The second kappa shape index (κ2) is 27.2. The SMILES string of the molecule is CCc1cnc2cccnc2c1N(c1ccc(C(C)(C)C)cc1)c1cc(N(c2ccc(C(C)(C)C)cc2)c2c(CC)cnc3cccnc23)c2ccc3c(N(c4ccc(C(C)(C)C)cc4)c4c(CC)cnc5cccnc45)cc(N(c4ccc(C(C)(C)C)cc4)c4c(CC)cnc5cccnc45)c4ccc1c2c43. The van der Waals surface area contributed by atoms with Crippen LogP contribution in [0.1, 0.15) is 155 Å². The molecule has 0 N–H and O–H groups in total. The highest BCUT2D eigenvalue weighted by atomic mass is 15.2. The van der Waals surface area contributed by atoms with Gasteiger partial charge in [-0.3, -0.25) is 39.9 Å². The predicted molar refractivity (Wildman–Crippen MR) is 454 cm³/mol. The van der Waals surface area contributed by atoms with Crippen molar-refractivity contribution in [3.8, 4) is 0 Å². The van der Waals surface area contributed by atoms with Gasteiger partial charge in [0.25, 0.3) is 0 Å². The number of anilines is 12. The van der Waals surface area contributed by atoms with Crippen LogP contribution in [-0.2, 0) is 47.3 Å². The van der Waals surface area contributed by atoms with Crippen LogP contribution >= 0.6 is 0 Å². The zero-order valence-corrected chi connectivity index (χ0v) is 65.1. The van der Waals surface area contributed by atoms with Crippen LogP contribution in [0.4, 0.5) is 68.2 Å². The van der Waals surface area contributed by atoms with E-state index >= 15 is 0 Å². The van der Waals surface area contributed by atoms with E-state index in [-0.39, 0.29) is 21.7 Å². The van der Waals surface area contributed by atoms with Gasteiger partial charge < -0.3 is 19.6 Å². The topological polar surface area (TPSA) is 116 Å². The largest absolute Gasteiger partial charge is 0.307 e. The lowest BCUT2D eigenvalue weighted by Crippen LogP contribution is -2.19. The molecule has 8 heterocycles. The van der Waals surface area contributed by atoms with Crippen LogP contribution in [0.25, 0.3) is 76.5 Å². The van der Waals surface area contributed by atoms with E-state index < -0.39 is 0 Å². The molecule has 0 aliphatic heterocycles. The summed E-state index contributed by atoms with van der Waals surface area (Å²) < 4.78 is 0. The van der Waals surface area contributed by atoms with E-state index in [9.17, 15) is 0 Å². The quantitative estimate of drug-likeness (QED) is 0.0858. The molecule has 12 nitrogen and oxygen atoms in total. The van der Waals surface area contributed by atoms with Crippen LogP contribution in [0.5, 0.6) is 0 Å². The Hall–Kier alpha value is -11.8. The second-order valence-electron chi connectivity index (χ2n) is 32.9. The van der Waals surface area contributed by atoms with Gasteiger partial charge in [0.1, 0.15) is 22.1 Å². The minimum atomic E-state index is -0.127. The standard InChI is InChI=1S/C96H94N12/c1-17-59-55-101-75-25-21-49-97-85(75)89(59)105(67-37-29-63(30-38-67)93(5,6)7)79-53-80(106(68-39-31-64(32-40-68)94(8,9)10)90-60(18-2)56-102-76-26-22-50-98-86(76)90)72-47-48-74-82(108(70-43-35-66(36-44-70)96(14,15)16)92-62(20-4)58-104-78-28-24-52-100-88(78)92)54-81(73-46-45-71(79)83(72)84(73)74)107(69-41-33-65(34-42-69)95(11,12)13)91-61(19-3)57-103-77-27-23-51-99-87(77)91/h21-58H,17-20H2,1-16H3. The van der Waals surface area contributed by atoms with Gasteiger partial charge in [-0.2, -0.15) is 0 Å². The van der Waals surface area contributed by atoms with Crippen LogP contribution in [0.3, 0.4) is 0 Å². The molecule has 16 rings (SSSR count). The molecule has 8 aromatic heterocycles. The fourth-order valence-electron chi connectivity index (χ4n) is 15.9. The van der Waals surface area contributed by atoms with Gasteiger partial charge in [0.15, 0.2) is 0 Å². The van der Waals surface area contributed by atoms with Gasteiger partial charge in [-0.1, -0.05) is 184 Å². The van der Waals surface area contributed by atoms with Crippen molar-refractivity contribution in [2.75, 3.05) is 19.6 Å². The average molecular weight is 1420 g/mol. The van der Waals surface area contributed by atoms with Crippen LogP contribution in [0, 0.1) is 0 Å². The molecular formula is C96H94N12. The number of pyridine rings is 8. The number of hydrogen-bond acceptors (Lipinski definition) is 12. The molecule has 0 saturated heterocycles. The zero-order valence-electron chi connectivity index (χ0n) is 65.1. The molecule has 0 spiro atoms. The first-order valence-corrected chi connectivity index (χ1v) is 38.3. The Labute approximate surface area is 634 Å². The Morgan fingerprint density at radius 3 is 0.639 bits per heavy atom. The molecule has 16 aromatic rings. The second-order valence-corrected chi connectivity index (χ2v) is 32.9. The summed E-state index contributed by atoms with van der Waals surface area (Å²) in [5.74, 6) is 0. The van der Waals surface area contributed by atoms with E-state index in [2.05, 4.69) is 313 Å². The van der Waals surface area contributed by atoms with E-state index in [1.165, 1.54) is 22.3 Å². The molecule has 0 aliphatic rings. The number of hydrogen-bond donors (Lipinski definition) is 0. The van der Waals surface area contributed by atoms with E-state index in [1.54, 1.807) is 0 Å². The van der Waals surface area contributed by atoms with Crippen LogP contribution in [0.2, 0.25) is 0 Å². The van der Waals surface area contributed by atoms with Crippen molar-refractivity contribution in [3.63, 3.8) is 0 Å². The number of benzene rings is 8. The van der Waals surface area contributed by atoms with E-state index in [0.717, 1.165) is 167 Å². The van der Waals surface area contributed by atoms with Crippen molar-refractivity contribution in [1.29, 1.82) is 0 Å². The summed E-state index contributed by atoms with van der Waals surface area (Å²) in [6.07, 6.45) is 18.6. The molecule has 0 bridgehead atoms. The Bertz CT molecular complexity index is 5360. The number of fused-ring (bicyclic) bond motifs is 4. The average Bonchev–Trinajstić information content (AvgIpc) is 0.695. The van der Waals surface area contributed by atoms with Crippen molar-refractivity contribution in [1.82, 2.24) is 39.9 Å². The lowest BCUT2D eigenvalue weighted by Gasteiger charge is -2.36. The van der Waals surface area contributed by atoms with Gasteiger partial charge in [-0.15, -0.1) is 0 Å². The summed E-state index contributed by atoms with van der Waals surface area (Å²) in [4.78, 5) is 52.0. The van der Waals surface area contributed by atoms with Gasteiger partial charge >= 0.3 is 0 Å². The third kappa shape index (κ3) is 12.3. The summed E-state index contributed by atoms with van der Waals surface area (Å²) in [5.41, 5.74) is 26.6. The smallest absolute Gasteiger partial charge is 0.113 e. The zero-order chi connectivity index (χ0) is 75.3. The molecule has 0 amide bonds. The Kier molecular flexibility index (Phi) is 17.8. The maximum Gasteiger partial charge on any atom is 0.113 e. The Balaban J connectivity index is 1.17. The number of rotatable bonds is 16. The molecule has 8 aromatic carbocycles. The summed E-state index contributed by atoms with van der Waals surface area (Å²) in [6, 6.07) is 67.8. The maximum absolute atomic E-state index is 5.34. The Morgan fingerprint density at radius 2 is 0.454 bits per heavy atom. The minimum absolute atomic E-state index is 0.127. The first-order chi connectivity index (χ1) is 51.9. The van der Waals surface area contributed by atoms with Crippen LogP contribution in [-0.4, -0.2) is 39.9 Å². The Morgan fingerprint density at radius 1 is 0.250 bits per heavy atom. The fourth-order valence-corrected chi connectivity index (χ4v) is 15.9. The monoisotopic (exact) mass is 1410 g/mol. The summed E-state index contributed by atoms with van der Waals surface area (Å²) in [7, 11) is 0.